The molecule has 3 N–H and O–H groups in total. The molecule has 0 radical (unpaired) electrons. The van der Waals surface area contributed by atoms with Gasteiger partial charge in [0.25, 0.3) is 5.91 Å². The van der Waals surface area contributed by atoms with Crippen LogP contribution in [0.3, 0.4) is 0 Å². The van der Waals surface area contributed by atoms with Crippen molar-refractivity contribution in [1.29, 1.82) is 0 Å². The SMILES string of the molecule is CC(C)Oc1ccc(CNCC(=O)Nc2ccc(C(=O)NC(C)c3ccccc3)cc2)cc1. The van der Waals surface area contributed by atoms with Gasteiger partial charge in [0.2, 0.25) is 5.91 Å². The van der Waals surface area contributed by atoms with Crippen LogP contribution in [0.15, 0.2) is 78.9 Å². The molecular weight excluding hydrogens is 414 g/mol. The van der Waals surface area contributed by atoms with Gasteiger partial charge in [-0.05, 0) is 68.3 Å². The highest BCUT2D eigenvalue weighted by atomic mass is 16.5. The lowest BCUT2D eigenvalue weighted by Gasteiger charge is -2.14. The maximum Gasteiger partial charge on any atom is 0.251 e. The molecule has 6 heteroatoms. The first-order valence-corrected chi connectivity index (χ1v) is 11.1. The summed E-state index contributed by atoms with van der Waals surface area (Å²) in [6.45, 7) is 6.68. The van der Waals surface area contributed by atoms with Crippen molar-refractivity contribution < 1.29 is 14.3 Å². The second-order valence-electron chi connectivity index (χ2n) is 8.15. The van der Waals surface area contributed by atoms with Crippen molar-refractivity contribution in [2.75, 3.05) is 11.9 Å². The van der Waals surface area contributed by atoms with E-state index in [0.29, 0.717) is 17.8 Å². The first-order valence-electron chi connectivity index (χ1n) is 11.1. The van der Waals surface area contributed by atoms with Crippen LogP contribution >= 0.6 is 0 Å². The molecule has 0 fully saturated rings. The molecule has 0 heterocycles. The van der Waals surface area contributed by atoms with Crippen molar-refractivity contribution in [2.45, 2.75) is 39.5 Å². The van der Waals surface area contributed by atoms with E-state index in [2.05, 4.69) is 16.0 Å². The van der Waals surface area contributed by atoms with Crippen LogP contribution in [0.5, 0.6) is 5.75 Å². The van der Waals surface area contributed by atoms with E-state index in [9.17, 15) is 9.59 Å². The van der Waals surface area contributed by atoms with E-state index >= 15 is 0 Å². The number of carbonyl (C=O) groups excluding carboxylic acids is 2. The molecule has 0 saturated heterocycles. The topological polar surface area (TPSA) is 79.5 Å². The Morgan fingerprint density at radius 2 is 1.52 bits per heavy atom. The van der Waals surface area contributed by atoms with Crippen molar-refractivity contribution in [2.24, 2.45) is 0 Å². The van der Waals surface area contributed by atoms with Gasteiger partial charge in [0, 0.05) is 17.8 Å². The number of carbonyl (C=O) groups is 2. The standard InChI is InChI=1S/C27H31N3O3/c1-19(2)33-25-15-9-21(10-16-25)17-28-18-26(31)30-24-13-11-23(12-14-24)27(32)29-20(3)22-7-5-4-6-8-22/h4-16,19-20,28H,17-18H2,1-3H3,(H,29,32)(H,30,31). The molecule has 1 atom stereocenters. The molecule has 6 nitrogen and oxygen atoms in total. The Morgan fingerprint density at radius 1 is 0.848 bits per heavy atom. The van der Waals surface area contributed by atoms with Gasteiger partial charge >= 0.3 is 0 Å². The van der Waals surface area contributed by atoms with Crippen LogP contribution in [0.25, 0.3) is 0 Å². The van der Waals surface area contributed by atoms with Crippen LogP contribution in [-0.4, -0.2) is 24.5 Å². The highest BCUT2D eigenvalue weighted by Gasteiger charge is 2.11. The smallest absolute Gasteiger partial charge is 0.251 e. The van der Waals surface area contributed by atoms with Gasteiger partial charge in [-0.2, -0.15) is 0 Å². The van der Waals surface area contributed by atoms with Gasteiger partial charge in [-0.3, -0.25) is 9.59 Å². The van der Waals surface area contributed by atoms with E-state index in [1.807, 2.05) is 75.4 Å². The van der Waals surface area contributed by atoms with Crippen molar-refractivity contribution in [3.05, 3.63) is 95.6 Å². The number of benzene rings is 3. The van der Waals surface area contributed by atoms with Crippen LogP contribution in [-0.2, 0) is 11.3 Å². The minimum absolute atomic E-state index is 0.0944. The Hall–Kier alpha value is -3.64. The summed E-state index contributed by atoms with van der Waals surface area (Å²) in [6, 6.07) is 24.4. The third kappa shape index (κ3) is 7.77. The maximum absolute atomic E-state index is 12.5. The van der Waals surface area contributed by atoms with E-state index in [-0.39, 0.29) is 30.5 Å². The van der Waals surface area contributed by atoms with Crippen LogP contribution < -0.4 is 20.7 Å². The van der Waals surface area contributed by atoms with Crippen molar-refractivity contribution >= 4 is 17.5 Å². The van der Waals surface area contributed by atoms with Crippen molar-refractivity contribution in [1.82, 2.24) is 10.6 Å². The second kappa shape index (κ2) is 11.8. The lowest BCUT2D eigenvalue weighted by atomic mass is 10.1. The molecule has 0 saturated carbocycles. The maximum atomic E-state index is 12.5. The second-order valence-corrected chi connectivity index (χ2v) is 8.15. The predicted molar refractivity (Wildman–Crippen MR) is 131 cm³/mol. The van der Waals surface area contributed by atoms with Crippen LogP contribution in [0.1, 0.15) is 48.3 Å². The largest absolute Gasteiger partial charge is 0.491 e. The van der Waals surface area contributed by atoms with E-state index < -0.39 is 0 Å². The Bertz CT molecular complexity index is 1030. The van der Waals surface area contributed by atoms with Crippen molar-refractivity contribution in [3.8, 4) is 5.75 Å². The number of hydrogen-bond acceptors (Lipinski definition) is 4. The summed E-state index contributed by atoms with van der Waals surface area (Å²) in [5, 5.41) is 8.95. The van der Waals surface area contributed by atoms with E-state index in [4.69, 9.17) is 4.74 Å². The Labute approximate surface area is 195 Å². The molecule has 0 aromatic heterocycles. The number of amides is 2. The molecule has 3 aromatic carbocycles. The molecule has 0 bridgehead atoms. The van der Waals surface area contributed by atoms with E-state index in [1.54, 1.807) is 24.3 Å². The number of hydrogen-bond donors (Lipinski definition) is 3. The summed E-state index contributed by atoms with van der Waals surface area (Å²) in [4.78, 5) is 24.7. The summed E-state index contributed by atoms with van der Waals surface area (Å²) in [5.74, 6) is 0.526. The minimum Gasteiger partial charge on any atom is -0.491 e. The molecule has 0 aliphatic rings. The average Bonchev–Trinajstić information content (AvgIpc) is 2.81. The minimum atomic E-state index is -0.157. The van der Waals surface area contributed by atoms with Gasteiger partial charge in [-0.1, -0.05) is 42.5 Å². The number of anilines is 1. The Balaban J connectivity index is 1.42. The molecule has 2 amide bonds. The van der Waals surface area contributed by atoms with E-state index in [0.717, 1.165) is 16.9 Å². The molecule has 0 aliphatic carbocycles. The quantitative estimate of drug-likeness (QED) is 0.423. The summed E-state index contributed by atoms with van der Waals surface area (Å²) in [6.07, 6.45) is 0.138. The molecular formula is C27H31N3O3. The molecule has 3 rings (SSSR count). The third-order valence-corrected chi connectivity index (χ3v) is 4.99. The zero-order chi connectivity index (χ0) is 23.6. The molecule has 1 unspecified atom stereocenters. The van der Waals surface area contributed by atoms with Crippen LogP contribution in [0, 0.1) is 0 Å². The molecule has 0 spiro atoms. The Kier molecular flexibility index (Phi) is 8.61. The predicted octanol–water partition coefficient (Wildman–Crippen LogP) is 4.69. The fourth-order valence-corrected chi connectivity index (χ4v) is 3.29. The fourth-order valence-electron chi connectivity index (χ4n) is 3.29. The van der Waals surface area contributed by atoms with Gasteiger partial charge in [0.05, 0.1) is 18.7 Å². The van der Waals surface area contributed by atoms with Gasteiger partial charge in [-0.25, -0.2) is 0 Å². The Morgan fingerprint density at radius 3 is 2.15 bits per heavy atom. The molecule has 3 aromatic rings. The van der Waals surface area contributed by atoms with Gasteiger partial charge < -0.3 is 20.7 Å². The zero-order valence-corrected chi connectivity index (χ0v) is 19.3. The van der Waals surface area contributed by atoms with Crippen LogP contribution in [0.4, 0.5) is 5.69 Å². The molecule has 33 heavy (non-hydrogen) atoms. The summed E-state index contributed by atoms with van der Waals surface area (Å²) >= 11 is 0. The van der Waals surface area contributed by atoms with Crippen molar-refractivity contribution in [3.63, 3.8) is 0 Å². The highest BCUT2D eigenvalue weighted by Crippen LogP contribution is 2.15. The van der Waals surface area contributed by atoms with Gasteiger partial charge in [0.1, 0.15) is 5.75 Å². The summed E-state index contributed by atoms with van der Waals surface area (Å²) < 4.78 is 5.63. The van der Waals surface area contributed by atoms with E-state index in [1.165, 1.54) is 0 Å². The lowest BCUT2D eigenvalue weighted by molar-refractivity contribution is -0.115. The number of ether oxygens (including phenoxy) is 1. The fraction of sp³-hybridized carbons (Fsp3) is 0.259. The van der Waals surface area contributed by atoms with Gasteiger partial charge in [0.15, 0.2) is 0 Å². The highest BCUT2D eigenvalue weighted by molar-refractivity contribution is 5.96. The summed E-state index contributed by atoms with van der Waals surface area (Å²) in [5.41, 5.74) is 3.30. The normalized spacial score (nSPS) is 11.6. The first kappa shape index (κ1) is 24.0. The average molecular weight is 446 g/mol. The monoisotopic (exact) mass is 445 g/mol. The van der Waals surface area contributed by atoms with Gasteiger partial charge in [-0.15, -0.1) is 0 Å². The lowest BCUT2D eigenvalue weighted by Crippen LogP contribution is -2.28. The third-order valence-electron chi connectivity index (χ3n) is 4.99. The number of rotatable bonds is 10. The summed E-state index contributed by atoms with van der Waals surface area (Å²) in [7, 11) is 0. The first-order chi connectivity index (χ1) is 15.9. The molecule has 172 valence electrons. The molecule has 0 aliphatic heterocycles. The zero-order valence-electron chi connectivity index (χ0n) is 19.3. The van der Waals surface area contributed by atoms with Crippen LogP contribution in [0.2, 0.25) is 0 Å². The number of nitrogens with one attached hydrogen (secondary N) is 3.